The van der Waals surface area contributed by atoms with Crippen LogP contribution in [0.3, 0.4) is 0 Å². The molecule has 0 amide bonds. The second-order valence-electron chi connectivity index (χ2n) is 3.40. The Hall–Kier alpha value is -0.423. The van der Waals surface area contributed by atoms with Crippen LogP contribution in [0.4, 0.5) is 0 Å². The highest BCUT2D eigenvalue weighted by molar-refractivity contribution is 7.64. The summed E-state index contributed by atoms with van der Waals surface area (Å²) >= 11 is 17.2. The molecule has 0 fully saturated rings. The van der Waals surface area contributed by atoms with Crippen molar-refractivity contribution in [3.05, 3.63) is 29.8 Å². The number of carboxylic acid groups (broad SMARTS) is 1. The fourth-order valence-electron chi connectivity index (χ4n) is 1.16. The van der Waals surface area contributed by atoms with Crippen molar-refractivity contribution in [3.8, 4) is 5.75 Å². The van der Waals surface area contributed by atoms with Crippen LogP contribution >= 0.6 is 33.2 Å². The monoisotopic (exact) mass is 312 g/mol. The molecule has 1 aromatic carbocycles. The summed E-state index contributed by atoms with van der Waals surface area (Å²) in [6, 6.07) is 4.18. The van der Waals surface area contributed by atoms with Crippen LogP contribution in [0, 0.1) is 0 Å². The Labute approximate surface area is 114 Å². The summed E-state index contributed by atoms with van der Waals surface area (Å²) in [7, 11) is 0. The second-order valence-corrected chi connectivity index (χ2v) is 12.7. The standard InChI is InChI=1S/C10H11Cl3O3Si/c11-17(12,13)7-1-6-16-9-4-2-8(3-5-9)10(14)15/h2-5H,1,6-7H2,(H,14,15). The van der Waals surface area contributed by atoms with Crippen LogP contribution in [0.15, 0.2) is 24.3 Å². The molecule has 1 rings (SSSR count). The van der Waals surface area contributed by atoms with E-state index >= 15 is 0 Å². The first-order valence-electron chi connectivity index (χ1n) is 4.91. The van der Waals surface area contributed by atoms with Crippen molar-refractivity contribution >= 4 is 45.2 Å². The third kappa shape index (κ3) is 6.17. The minimum Gasteiger partial charge on any atom is -0.494 e. The number of ether oxygens (including phenoxy) is 1. The van der Waals surface area contributed by atoms with E-state index in [1.807, 2.05) is 0 Å². The van der Waals surface area contributed by atoms with E-state index in [1.54, 1.807) is 12.1 Å². The van der Waals surface area contributed by atoms with E-state index in [0.717, 1.165) is 0 Å². The summed E-state index contributed by atoms with van der Waals surface area (Å²) in [5.74, 6) is -0.347. The number of hydrogen-bond donors (Lipinski definition) is 1. The molecule has 94 valence electrons. The number of halogens is 3. The highest BCUT2D eigenvalue weighted by atomic mass is 35.8. The molecule has 0 saturated carbocycles. The second kappa shape index (κ2) is 6.49. The van der Waals surface area contributed by atoms with Gasteiger partial charge in [0.15, 0.2) is 0 Å². The molecule has 0 atom stereocenters. The molecule has 0 aliphatic carbocycles. The number of carboxylic acids is 1. The first kappa shape index (κ1) is 14.6. The molecular formula is C10H11Cl3O3Si. The number of carbonyl (C=O) groups is 1. The third-order valence-corrected chi connectivity index (χ3v) is 4.60. The van der Waals surface area contributed by atoms with E-state index in [9.17, 15) is 4.79 Å². The van der Waals surface area contributed by atoms with Crippen molar-refractivity contribution in [1.82, 2.24) is 0 Å². The molecule has 0 aliphatic heterocycles. The molecule has 0 saturated heterocycles. The Balaban J connectivity index is 2.35. The van der Waals surface area contributed by atoms with Gasteiger partial charge in [-0.05, 0) is 36.7 Å². The van der Waals surface area contributed by atoms with Gasteiger partial charge in [-0.3, -0.25) is 0 Å². The molecule has 1 aromatic rings. The molecular weight excluding hydrogens is 303 g/mol. The van der Waals surface area contributed by atoms with Gasteiger partial charge in [-0.1, -0.05) is 0 Å². The average Bonchev–Trinajstić information content (AvgIpc) is 2.24. The summed E-state index contributed by atoms with van der Waals surface area (Å²) in [5.41, 5.74) is 0.228. The van der Waals surface area contributed by atoms with Crippen LogP contribution in [-0.4, -0.2) is 23.7 Å². The predicted octanol–water partition coefficient (Wildman–Crippen LogP) is 3.81. The van der Waals surface area contributed by atoms with Crippen molar-refractivity contribution in [2.75, 3.05) is 6.61 Å². The Morgan fingerprint density at radius 3 is 2.29 bits per heavy atom. The van der Waals surface area contributed by atoms with Gasteiger partial charge < -0.3 is 9.84 Å². The van der Waals surface area contributed by atoms with Crippen LogP contribution in [0.5, 0.6) is 5.75 Å². The van der Waals surface area contributed by atoms with E-state index < -0.39 is 12.0 Å². The molecule has 0 unspecified atom stereocenters. The Bertz CT molecular complexity index is 375. The lowest BCUT2D eigenvalue weighted by Gasteiger charge is -2.09. The Kier molecular flexibility index (Phi) is 5.59. The fraction of sp³-hybridized carbons (Fsp3) is 0.300. The van der Waals surface area contributed by atoms with Crippen LogP contribution in [0.1, 0.15) is 16.8 Å². The van der Waals surface area contributed by atoms with Gasteiger partial charge in [-0.2, -0.15) is 0 Å². The maximum absolute atomic E-state index is 10.6. The number of aromatic carboxylic acids is 1. The minimum atomic E-state index is -2.56. The van der Waals surface area contributed by atoms with Gasteiger partial charge >= 0.3 is 12.0 Å². The maximum Gasteiger partial charge on any atom is 0.341 e. The summed E-state index contributed by atoms with van der Waals surface area (Å²) in [6.45, 7) is 0.452. The van der Waals surface area contributed by atoms with Gasteiger partial charge in [-0.25, -0.2) is 4.79 Å². The molecule has 0 aliphatic rings. The van der Waals surface area contributed by atoms with Crippen LogP contribution in [0.25, 0.3) is 0 Å². The topological polar surface area (TPSA) is 46.5 Å². The molecule has 17 heavy (non-hydrogen) atoms. The summed E-state index contributed by atoms with van der Waals surface area (Å²) < 4.78 is 5.39. The Morgan fingerprint density at radius 2 is 1.82 bits per heavy atom. The normalized spacial score (nSPS) is 11.2. The lowest BCUT2D eigenvalue weighted by Crippen LogP contribution is -2.10. The van der Waals surface area contributed by atoms with Crippen molar-refractivity contribution in [1.29, 1.82) is 0 Å². The molecule has 7 heteroatoms. The zero-order chi connectivity index (χ0) is 12.9. The van der Waals surface area contributed by atoms with E-state index in [1.165, 1.54) is 12.1 Å². The molecule has 0 spiro atoms. The van der Waals surface area contributed by atoms with Crippen LogP contribution in [-0.2, 0) is 0 Å². The van der Waals surface area contributed by atoms with E-state index in [0.29, 0.717) is 24.8 Å². The smallest absolute Gasteiger partial charge is 0.341 e. The summed E-state index contributed by atoms with van der Waals surface area (Å²) in [6.07, 6.45) is 0.670. The lowest BCUT2D eigenvalue weighted by atomic mass is 10.2. The van der Waals surface area contributed by atoms with Crippen molar-refractivity contribution in [2.45, 2.75) is 12.5 Å². The van der Waals surface area contributed by atoms with Crippen molar-refractivity contribution in [2.24, 2.45) is 0 Å². The highest BCUT2D eigenvalue weighted by Gasteiger charge is 2.23. The Morgan fingerprint density at radius 1 is 1.24 bits per heavy atom. The average molecular weight is 314 g/mol. The summed E-state index contributed by atoms with van der Waals surface area (Å²) in [4.78, 5) is 10.6. The van der Waals surface area contributed by atoms with Crippen LogP contribution < -0.4 is 4.74 Å². The van der Waals surface area contributed by atoms with E-state index in [-0.39, 0.29) is 5.56 Å². The van der Waals surface area contributed by atoms with Crippen LogP contribution in [0.2, 0.25) is 6.04 Å². The molecule has 0 aromatic heterocycles. The van der Waals surface area contributed by atoms with Gasteiger partial charge in [0.25, 0.3) is 0 Å². The van der Waals surface area contributed by atoms with Gasteiger partial charge in [0.1, 0.15) is 5.75 Å². The number of benzene rings is 1. The van der Waals surface area contributed by atoms with Gasteiger partial charge in [0.05, 0.1) is 12.2 Å². The number of rotatable bonds is 6. The predicted molar refractivity (Wildman–Crippen MR) is 71.6 cm³/mol. The van der Waals surface area contributed by atoms with E-state index in [4.69, 9.17) is 43.1 Å². The molecule has 1 N–H and O–H groups in total. The quantitative estimate of drug-likeness (QED) is 0.493. The molecule has 3 nitrogen and oxygen atoms in total. The van der Waals surface area contributed by atoms with Gasteiger partial charge in [0, 0.05) is 0 Å². The first-order valence-corrected chi connectivity index (χ1v) is 10.2. The largest absolute Gasteiger partial charge is 0.494 e. The SMILES string of the molecule is O=C(O)c1ccc(OCCC[Si](Cl)(Cl)Cl)cc1. The number of hydrogen-bond acceptors (Lipinski definition) is 2. The molecule has 0 bridgehead atoms. The molecule has 0 radical (unpaired) electrons. The van der Waals surface area contributed by atoms with E-state index in [2.05, 4.69) is 0 Å². The zero-order valence-electron chi connectivity index (χ0n) is 8.83. The first-order chi connectivity index (χ1) is 7.88. The van der Waals surface area contributed by atoms with Gasteiger partial charge in [-0.15, -0.1) is 33.2 Å². The minimum absolute atomic E-state index is 0.228. The lowest BCUT2D eigenvalue weighted by molar-refractivity contribution is 0.0697. The fourth-order valence-corrected chi connectivity index (χ4v) is 2.90. The van der Waals surface area contributed by atoms with Crippen molar-refractivity contribution < 1.29 is 14.6 Å². The molecule has 0 heterocycles. The van der Waals surface area contributed by atoms with Gasteiger partial charge in [0.2, 0.25) is 0 Å². The van der Waals surface area contributed by atoms with Crippen molar-refractivity contribution in [3.63, 3.8) is 0 Å². The maximum atomic E-state index is 10.6. The zero-order valence-corrected chi connectivity index (χ0v) is 12.1. The highest BCUT2D eigenvalue weighted by Crippen LogP contribution is 2.26. The third-order valence-electron chi connectivity index (χ3n) is 1.97. The summed E-state index contributed by atoms with van der Waals surface area (Å²) in [5, 5.41) is 8.70.